The normalized spacial score (nSPS) is 16.1. The molecule has 1 aliphatic rings. The van der Waals surface area contributed by atoms with Crippen LogP contribution in [0.3, 0.4) is 0 Å². The molecule has 108 valence electrons. The summed E-state index contributed by atoms with van der Waals surface area (Å²) in [6.45, 7) is 1.56. The number of esters is 2. The molecule has 0 N–H and O–H groups in total. The van der Waals surface area contributed by atoms with E-state index in [1.165, 1.54) is 12.1 Å². The van der Waals surface area contributed by atoms with Gasteiger partial charge in [-0.2, -0.15) is 0 Å². The Balaban J connectivity index is 2.05. The molecule has 0 aromatic heterocycles. The topological polar surface area (TPSA) is 52.6 Å². The Bertz CT molecular complexity index is 491. The van der Waals surface area contributed by atoms with Crippen molar-refractivity contribution < 1.29 is 23.5 Å². The first-order chi connectivity index (χ1) is 9.58. The summed E-state index contributed by atoms with van der Waals surface area (Å²) in [6.07, 6.45) is 2.21. The summed E-state index contributed by atoms with van der Waals surface area (Å²) in [5, 5.41) is 0. The van der Waals surface area contributed by atoms with Crippen molar-refractivity contribution >= 4 is 11.9 Å². The highest BCUT2D eigenvalue weighted by Gasteiger charge is 2.47. The van der Waals surface area contributed by atoms with Gasteiger partial charge in [-0.1, -0.05) is 18.6 Å². The Morgan fingerprint density at radius 1 is 1.20 bits per heavy atom. The Morgan fingerprint density at radius 2 is 1.85 bits per heavy atom. The van der Waals surface area contributed by atoms with E-state index in [1.54, 1.807) is 19.1 Å². The molecule has 4 nitrogen and oxygen atoms in total. The van der Waals surface area contributed by atoms with Crippen LogP contribution in [0.1, 0.15) is 31.7 Å². The summed E-state index contributed by atoms with van der Waals surface area (Å²) in [5.41, 5.74) is -0.000725. The van der Waals surface area contributed by atoms with Gasteiger partial charge in [0.05, 0.1) is 12.0 Å². The molecule has 1 saturated carbocycles. The number of hydrogen-bond acceptors (Lipinski definition) is 4. The van der Waals surface area contributed by atoms with Crippen molar-refractivity contribution in [2.75, 3.05) is 13.2 Å². The van der Waals surface area contributed by atoms with Crippen molar-refractivity contribution in [2.45, 2.75) is 31.6 Å². The van der Waals surface area contributed by atoms with Crippen LogP contribution in [0.4, 0.5) is 4.39 Å². The van der Waals surface area contributed by atoms with Gasteiger partial charge < -0.3 is 9.47 Å². The maximum absolute atomic E-state index is 13.0. The lowest BCUT2D eigenvalue weighted by Crippen LogP contribution is -2.44. The maximum Gasteiger partial charge on any atom is 0.344 e. The molecule has 0 aliphatic heterocycles. The van der Waals surface area contributed by atoms with Crippen LogP contribution >= 0.6 is 0 Å². The zero-order chi connectivity index (χ0) is 14.6. The second kappa shape index (κ2) is 6.03. The molecular weight excluding hydrogens is 263 g/mol. The Kier molecular flexibility index (Phi) is 4.37. The van der Waals surface area contributed by atoms with E-state index in [-0.39, 0.29) is 19.0 Å². The van der Waals surface area contributed by atoms with E-state index in [0.717, 1.165) is 12.0 Å². The first-order valence-electron chi connectivity index (χ1n) is 6.67. The van der Waals surface area contributed by atoms with Crippen LogP contribution in [0.15, 0.2) is 24.3 Å². The van der Waals surface area contributed by atoms with E-state index in [4.69, 9.17) is 9.47 Å². The molecule has 20 heavy (non-hydrogen) atoms. The number of carbonyl (C=O) groups excluding carboxylic acids is 2. The summed E-state index contributed by atoms with van der Waals surface area (Å²) in [4.78, 5) is 23.4. The van der Waals surface area contributed by atoms with Crippen molar-refractivity contribution in [1.82, 2.24) is 0 Å². The molecule has 0 spiro atoms. The van der Waals surface area contributed by atoms with Crippen LogP contribution in [0.2, 0.25) is 0 Å². The molecule has 1 aromatic carbocycles. The summed E-state index contributed by atoms with van der Waals surface area (Å²) in [6, 6.07) is 5.85. The molecule has 1 aromatic rings. The standard InChI is InChI=1S/C15H17FO4/c1-2-19-13(17)10-20-14(18)15(8-3-9-15)11-4-6-12(16)7-5-11/h4-7H,2-3,8-10H2,1H3. The van der Waals surface area contributed by atoms with Crippen molar-refractivity contribution in [1.29, 1.82) is 0 Å². The number of hydrogen-bond donors (Lipinski definition) is 0. The molecule has 5 heteroatoms. The number of rotatable bonds is 5. The number of benzene rings is 1. The van der Waals surface area contributed by atoms with Crippen molar-refractivity contribution in [3.8, 4) is 0 Å². The summed E-state index contributed by atoms with van der Waals surface area (Å²) >= 11 is 0. The molecule has 0 bridgehead atoms. The number of halogens is 1. The third-order valence-corrected chi connectivity index (χ3v) is 3.62. The zero-order valence-electron chi connectivity index (χ0n) is 11.4. The molecule has 0 unspecified atom stereocenters. The van der Waals surface area contributed by atoms with E-state index in [2.05, 4.69) is 0 Å². The predicted molar refractivity (Wildman–Crippen MR) is 69.5 cm³/mol. The Morgan fingerprint density at radius 3 is 2.35 bits per heavy atom. The van der Waals surface area contributed by atoms with Crippen LogP contribution < -0.4 is 0 Å². The SMILES string of the molecule is CCOC(=O)COC(=O)C1(c2ccc(F)cc2)CCC1. The first-order valence-corrected chi connectivity index (χ1v) is 6.67. The summed E-state index contributed by atoms with van der Waals surface area (Å²) < 4.78 is 22.7. The molecule has 1 fully saturated rings. The van der Waals surface area contributed by atoms with E-state index in [1.807, 2.05) is 0 Å². The monoisotopic (exact) mass is 280 g/mol. The zero-order valence-corrected chi connectivity index (χ0v) is 11.4. The van der Waals surface area contributed by atoms with Gasteiger partial charge in [0.2, 0.25) is 0 Å². The molecule has 0 saturated heterocycles. The van der Waals surface area contributed by atoms with Gasteiger partial charge in [0.1, 0.15) is 5.82 Å². The molecule has 0 amide bonds. The Labute approximate surface area is 116 Å². The summed E-state index contributed by atoms with van der Waals surface area (Å²) in [7, 11) is 0. The summed E-state index contributed by atoms with van der Waals surface area (Å²) in [5.74, 6) is -1.35. The highest BCUT2D eigenvalue weighted by atomic mass is 19.1. The highest BCUT2D eigenvalue weighted by Crippen LogP contribution is 2.44. The fourth-order valence-corrected chi connectivity index (χ4v) is 2.38. The van der Waals surface area contributed by atoms with Gasteiger partial charge in [0.25, 0.3) is 0 Å². The molecule has 0 atom stereocenters. The lowest BCUT2D eigenvalue weighted by molar-refractivity contribution is -0.164. The van der Waals surface area contributed by atoms with E-state index in [9.17, 15) is 14.0 Å². The highest BCUT2D eigenvalue weighted by molar-refractivity contribution is 5.86. The van der Waals surface area contributed by atoms with Gasteiger partial charge >= 0.3 is 11.9 Å². The fraction of sp³-hybridized carbons (Fsp3) is 0.467. The maximum atomic E-state index is 13.0. The van der Waals surface area contributed by atoms with E-state index >= 15 is 0 Å². The van der Waals surface area contributed by atoms with Crippen LogP contribution in [0.25, 0.3) is 0 Å². The van der Waals surface area contributed by atoms with Gasteiger partial charge in [0, 0.05) is 0 Å². The molecule has 1 aliphatic carbocycles. The van der Waals surface area contributed by atoms with Gasteiger partial charge in [-0.3, -0.25) is 4.79 Å². The minimum Gasteiger partial charge on any atom is -0.463 e. The van der Waals surface area contributed by atoms with E-state index in [0.29, 0.717) is 12.8 Å². The Hall–Kier alpha value is -1.91. The van der Waals surface area contributed by atoms with Crippen LogP contribution in [0, 0.1) is 5.82 Å². The molecule has 0 radical (unpaired) electrons. The number of ether oxygens (including phenoxy) is 2. The largest absolute Gasteiger partial charge is 0.463 e. The fourth-order valence-electron chi connectivity index (χ4n) is 2.38. The minimum absolute atomic E-state index is 0.249. The van der Waals surface area contributed by atoms with Crippen LogP contribution in [-0.2, 0) is 24.5 Å². The first kappa shape index (κ1) is 14.5. The quantitative estimate of drug-likeness (QED) is 0.777. The van der Waals surface area contributed by atoms with Crippen LogP contribution in [-0.4, -0.2) is 25.2 Å². The molecule has 2 rings (SSSR count). The lowest BCUT2D eigenvalue weighted by Gasteiger charge is -2.39. The van der Waals surface area contributed by atoms with Crippen molar-refractivity contribution in [3.63, 3.8) is 0 Å². The second-order valence-electron chi connectivity index (χ2n) is 4.82. The van der Waals surface area contributed by atoms with Gasteiger partial charge in [0.15, 0.2) is 6.61 Å². The van der Waals surface area contributed by atoms with E-state index < -0.39 is 17.4 Å². The van der Waals surface area contributed by atoms with Gasteiger partial charge in [-0.05, 0) is 37.5 Å². The molecule has 0 heterocycles. The second-order valence-corrected chi connectivity index (χ2v) is 4.82. The lowest BCUT2D eigenvalue weighted by atomic mass is 9.64. The molecular formula is C15H17FO4. The smallest absolute Gasteiger partial charge is 0.344 e. The average Bonchev–Trinajstić information content (AvgIpc) is 2.38. The van der Waals surface area contributed by atoms with Gasteiger partial charge in [-0.15, -0.1) is 0 Å². The number of carbonyl (C=O) groups is 2. The predicted octanol–water partition coefficient (Wildman–Crippen LogP) is 2.35. The third-order valence-electron chi connectivity index (χ3n) is 3.62. The van der Waals surface area contributed by atoms with Crippen molar-refractivity contribution in [3.05, 3.63) is 35.6 Å². The van der Waals surface area contributed by atoms with Crippen molar-refractivity contribution in [2.24, 2.45) is 0 Å². The third kappa shape index (κ3) is 2.81. The average molecular weight is 280 g/mol. The van der Waals surface area contributed by atoms with Crippen LogP contribution in [0.5, 0.6) is 0 Å². The minimum atomic E-state index is -0.736. The van der Waals surface area contributed by atoms with Gasteiger partial charge in [-0.25, -0.2) is 9.18 Å².